The van der Waals surface area contributed by atoms with Crippen molar-refractivity contribution >= 4 is 10.1 Å². The van der Waals surface area contributed by atoms with Crippen molar-refractivity contribution in [3.8, 4) is 11.8 Å². The van der Waals surface area contributed by atoms with Gasteiger partial charge in [-0.2, -0.15) is 8.42 Å². The van der Waals surface area contributed by atoms with Crippen molar-refractivity contribution in [2.75, 3.05) is 5.75 Å². The molecular formula is C6H9O3S. The second kappa shape index (κ2) is 3.59. The first kappa shape index (κ1) is 9.47. The molecule has 0 saturated heterocycles. The van der Waals surface area contributed by atoms with Crippen LogP contribution in [0.5, 0.6) is 0 Å². The lowest BCUT2D eigenvalue weighted by Gasteiger charge is -1.96. The summed E-state index contributed by atoms with van der Waals surface area (Å²) in [5, 5.41) is 0. The van der Waals surface area contributed by atoms with Crippen LogP contribution in [0.2, 0.25) is 0 Å². The van der Waals surface area contributed by atoms with Crippen LogP contribution in [0, 0.1) is 17.8 Å². The third-order valence-electron chi connectivity index (χ3n) is 0.845. The van der Waals surface area contributed by atoms with E-state index in [-0.39, 0.29) is 5.92 Å². The first-order valence-corrected chi connectivity index (χ1v) is 4.39. The Bertz CT molecular complexity index is 242. The summed E-state index contributed by atoms with van der Waals surface area (Å²) in [6, 6.07) is 0. The van der Waals surface area contributed by atoms with Crippen molar-refractivity contribution in [2.45, 2.75) is 13.8 Å². The van der Waals surface area contributed by atoms with E-state index >= 15 is 0 Å². The van der Waals surface area contributed by atoms with Crippen LogP contribution < -0.4 is 0 Å². The first-order chi connectivity index (χ1) is 4.45. The summed E-state index contributed by atoms with van der Waals surface area (Å²) in [6.45, 7) is 3.21. The lowest BCUT2D eigenvalue weighted by atomic mass is 10.2. The van der Waals surface area contributed by atoms with Gasteiger partial charge in [-0.1, -0.05) is 17.4 Å². The van der Waals surface area contributed by atoms with E-state index in [9.17, 15) is 13.0 Å². The van der Waals surface area contributed by atoms with Crippen LogP contribution in [0.15, 0.2) is 0 Å². The Labute approximate surface area is 61.2 Å². The normalized spacial score (nSPS) is 13.5. The van der Waals surface area contributed by atoms with Gasteiger partial charge in [0.2, 0.25) is 0 Å². The predicted octanol–water partition coefficient (Wildman–Crippen LogP) is 0.406. The SMILES string of the molecule is CC#CC(C)CS([O])(=O)=O. The minimum atomic E-state index is -4.10. The molecule has 0 bridgehead atoms. The molecule has 0 heterocycles. The minimum Gasteiger partial charge on any atom is -0.197 e. The van der Waals surface area contributed by atoms with Gasteiger partial charge in [-0.15, -0.1) is 5.92 Å². The quantitative estimate of drug-likeness (QED) is 0.551. The fourth-order valence-corrected chi connectivity index (χ4v) is 1.29. The third-order valence-corrected chi connectivity index (χ3v) is 1.75. The predicted molar refractivity (Wildman–Crippen MR) is 37.1 cm³/mol. The van der Waals surface area contributed by atoms with Gasteiger partial charge in [-0.3, -0.25) is 0 Å². The van der Waals surface area contributed by atoms with Crippen molar-refractivity contribution in [3.05, 3.63) is 0 Å². The Balaban J connectivity index is 4.01. The fraction of sp³-hybridized carbons (Fsp3) is 0.667. The summed E-state index contributed by atoms with van der Waals surface area (Å²) in [4.78, 5) is 0. The van der Waals surface area contributed by atoms with E-state index in [4.69, 9.17) is 0 Å². The van der Waals surface area contributed by atoms with Crippen LogP contribution >= 0.6 is 0 Å². The maximum absolute atomic E-state index is 10.1. The maximum atomic E-state index is 10.1. The van der Waals surface area contributed by atoms with Crippen LogP contribution in [0.3, 0.4) is 0 Å². The molecular weight excluding hydrogens is 152 g/mol. The molecule has 0 N–H and O–H groups in total. The smallest absolute Gasteiger partial charge is 0.197 e. The molecule has 0 aromatic rings. The Morgan fingerprint density at radius 3 is 2.30 bits per heavy atom. The minimum absolute atomic E-state index is 0.354. The number of rotatable bonds is 2. The summed E-state index contributed by atoms with van der Waals surface area (Å²) in [6.07, 6.45) is 0. The molecule has 1 radical (unpaired) electrons. The highest BCUT2D eigenvalue weighted by atomic mass is 32.2. The Hall–Kier alpha value is -0.530. The van der Waals surface area contributed by atoms with E-state index in [2.05, 4.69) is 11.8 Å². The van der Waals surface area contributed by atoms with Crippen LogP contribution in [0.1, 0.15) is 13.8 Å². The summed E-state index contributed by atoms with van der Waals surface area (Å²) in [7, 11) is -4.10. The molecule has 57 valence electrons. The molecule has 0 rings (SSSR count). The van der Waals surface area contributed by atoms with Crippen LogP contribution in [0.25, 0.3) is 0 Å². The van der Waals surface area contributed by atoms with Gasteiger partial charge in [0, 0.05) is 5.92 Å². The van der Waals surface area contributed by atoms with Gasteiger partial charge < -0.3 is 0 Å². The summed E-state index contributed by atoms with van der Waals surface area (Å²) in [5.41, 5.74) is 0. The highest BCUT2D eigenvalue weighted by molar-refractivity contribution is 7.85. The number of hydrogen-bond donors (Lipinski definition) is 0. The van der Waals surface area contributed by atoms with Gasteiger partial charge >= 0.3 is 0 Å². The second-order valence-corrected chi connectivity index (χ2v) is 3.47. The van der Waals surface area contributed by atoms with E-state index in [0.717, 1.165) is 0 Å². The molecule has 0 aliphatic rings. The molecule has 0 amide bonds. The zero-order valence-electron chi connectivity index (χ0n) is 5.92. The molecule has 1 unspecified atom stereocenters. The summed E-state index contributed by atoms with van der Waals surface area (Å²) >= 11 is 0. The lowest BCUT2D eigenvalue weighted by molar-refractivity contribution is 0.411. The topological polar surface area (TPSA) is 54.0 Å². The highest BCUT2D eigenvalue weighted by Crippen LogP contribution is 1.96. The van der Waals surface area contributed by atoms with Crippen molar-refractivity contribution in [3.63, 3.8) is 0 Å². The highest BCUT2D eigenvalue weighted by Gasteiger charge is 2.10. The van der Waals surface area contributed by atoms with E-state index in [0.29, 0.717) is 0 Å². The van der Waals surface area contributed by atoms with Gasteiger partial charge in [-0.05, 0) is 6.92 Å². The average molecular weight is 161 g/mol. The van der Waals surface area contributed by atoms with E-state index < -0.39 is 15.9 Å². The molecule has 4 heteroatoms. The summed E-state index contributed by atoms with van der Waals surface area (Å²) < 4.78 is 30.3. The molecule has 0 spiro atoms. The Kier molecular flexibility index (Phi) is 3.40. The average Bonchev–Trinajstić information content (AvgIpc) is 1.59. The van der Waals surface area contributed by atoms with Crippen LogP contribution in [0.4, 0.5) is 0 Å². The zero-order valence-corrected chi connectivity index (χ0v) is 6.73. The molecule has 0 fully saturated rings. The molecule has 0 aromatic heterocycles. The van der Waals surface area contributed by atoms with Crippen molar-refractivity contribution in [1.82, 2.24) is 0 Å². The molecule has 3 nitrogen and oxygen atoms in total. The monoisotopic (exact) mass is 161 g/mol. The molecule has 10 heavy (non-hydrogen) atoms. The Morgan fingerprint density at radius 1 is 1.50 bits per heavy atom. The van der Waals surface area contributed by atoms with Gasteiger partial charge in [0.05, 0.1) is 5.75 Å². The van der Waals surface area contributed by atoms with Crippen molar-refractivity contribution < 1.29 is 13.0 Å². The zero-order chi connectivity index (χ0) is 8.20. The van der Waals surface area contributed by atoms with Crippen LogP contribution in [-0.4, -0.2) is 14.2 Å². The standard InChI is InChI=1S/C6H9O3S/c1-3-4-6(2)5-10(7,8)9/h6H,5H2,1-2H3. The van der Waals surface area contributed by atoms with E-state index in [1.807, 2.05) is 0 Å². The second-order valence-electron chi connectivity index (χ2n) is 2.02. The van der Waals surface area contributed by atoms with Gasteiger partial charge in [0.15, 0.2) is 0 Å². The molecule has 0 aliphatic heterocycles. The van der Waals surface area contributed by atoms with Gasteiger partial charge in [-0.25, -0.2) is 0 Å². The largest absolute Gasteiger partial charge is 0.295 e. The molecule has 0 saturated carbocycles. The Morgan fingerprint density at radius 2 is 2.00 bits per heavy atom. The van der Waals surface area contributed by atoms with Crippen molar-refractivity contribution in [2.24, 2.45) is 5.92 Å². The first-order valence-electron chi connectivity index (χ1n) is 2.81. The van der Waals surface area contributed by atoms with Gasteiger partial charge in [0.1, 0.15) is 0 Å². The fourth-order valence-electron chi connectivity index (χ4n) is 0.594. The molecule has 1 atom stereocenters. The molecule has 0 aromatic carbocycles. The number of hydrogen-bond acceptors (Lipinski definition) is 2. The van der Waals surface area contributed by atoms with Gasteiger partial charge in [0.25, 0.3) is 10.1 Å². The third kappa shape index (κ3) is 5.60. The maximum Gasteiger partial charge on any atom is 0.295 e. The lowest BCUT2D eigenvalue weighted by Crippen LogP contribution is -2.09. The molecule has 0 aliphatic carbocycles. The summed E-state index contributed by atoms with van der Waals surface area (Å²) in [5.74, 6) is 4.36. The van der Waals surface area contributed by atoms with Crippen molar-refractivity contribution in [1.29, 1.82) is 0 Å². The van der Waals surface area contributed by atoms with E-state index in [1.54, 1.807) is 13.8 Å². The van der Waals surface area contributed by atoms with E-state index in [1.165, 1.54) is 0 Å². The van der Waals surface area contributed by atoms with Crippen LogP contribution in [-0.2, 0) is 14.7 Å².